The molecule has 0 bridgehead atoms. The summed E-state index contributed by atoms with van der Waals surface area (Å²) in [6.45, 7) is 13.3. The van der Waals surface area contributed by atoms with E-state index in [0.717, 1.165) is 6.42 Å². The highest BCUT2D eigenvalue weighted by Gasteiger charge is 2.39. The van der Waals surface area contributed by atoms with Gasteiger partial charge in [0.2, 0.25) is 0 Å². The van der Waals surface area contributed by atoms with Crippen LogP contribution in [0.15, 0.2) is 12.7 Å². The third-order valence-electron chi connectivity index (χ3n) is 3.45. The SMILES string of the molecule is C=CCC1CC([C@H](CC(C)C)NC(=O)OC(C)(C)C)OC1=O. The molecule has 0 spiro atoms. The van der Waals surface area contributed by atoms with Crippen molar-refractivity contribution in [2.75, 3.05) is 0 Å². The molecule has 5 heteroatoms. The summed E-state index contributed by atoms with van der Waals surface area (Å²) in [5, 5.41) is 2.87. The van der Waals surface area contributed by atoms with Gasteiger partial charge in [0.1, 0.15) is 11.7 Å². The molecule has 0 aromatic carbocycles. The standard InChI is InChI=1S/C17H29NO4/c1-7-8-12-10-14(21-15(12)19)13(9-11(2)3)18-16(20)22-17(4,5)6/h7,11-14H,1,8-10H2,2-6H3,(H,18,20)/t12?,13-,14?/m0/s1. The first-order chi connectivity index (χ1) is 10.1. The summed E-state index contributed by atoms with van der Waals surface area (Å²) in [6, 6.07) is -0.228. The lowest BCUT2D eigenvalue weighted by Crippen LogP contribution is -2.46. The van der Waals surface area contributed by atoms with Crippen molar-refractivity contribution in [2.45, 2.75) is 71.6 Å². The Kier molecular flexibility index (Phi) is 6.45. The zero-order chi connectivity index (χ0) is 16.9. The number of hydrogen-bond acceptors (Lipinski definition) is 4. The van der Waals surface area contributed by atoms with Gasteiger partial charge in [-0.2, -0.15) is 0 Å². The van der Waals surface area contributed by atoms with Crippen molar-refractivity contribution in [2.24, 2.45) is 11.8 Å². The molecule has 5 nitrogen and oxygen atoms in total. The summed E-state index contributed by atoms with van der Waals surface area (Å²) in [5.41, 5.74) is -0.551. The molecule has 1 N–H and O–H groups in total. The van der Waals surface area contributed by atoms with Gasteiger partial charge in [0.15, 0.2) is 0 Å². The van der Waals surface area contributed by atoms with E-state index in [4.69, 9.17) is 9.47 Å². The molecule has 1 rings (SSSR count). The van der Waals surface area contributed by atoms with Crippen LogP contribution in [0, 0.1) is 11.8 Å². The number of esters is 1. The Balaban J connectivity index is 2.71. The molecule has 0 saturated carbocycles. The van der Waals surface area contributed by atoms with Gasteiger partial charge in [-0.25, -0.2) is 4.79 Å². The first-order valence-corrected chi connectivity index (χ1v) is 7.93. The molecular formula is C17H29NO4. The number of carbonyl (C=O) groups excluding carboxylic acids is 2. The lowest BCUT2D eigenvalue weighted by molar-refractivity contribution is -0.145. The van der Waals surface area contributed by atoms with Gasteiger partial charge in [-0.1, -0.05) is 19.9 Å². The van der Waals surface area contributed by atoms with Crippen LogP contribution in [0.5, 0.6) is 0 Å². The summed E-state index contributed by atoms with van der Waals surface area (Å²) in [6.07, 6.45) is 2.91. The van der Waals surface area contributed by atoms with Crippen LogP contribution in [-0.2, 0) is 14.3 Å². The predicted octanol–water partition coefficient (Wildman–Crippen LogP) is 3.43. The molecule has 126 valence electrons. The maximum atomic E-state index is 12.0. The van der Waals surface area contributed by atoms with E-state index in [-0.39, 0.29) is 24.0 Å². The molecule has 1 fully saturated rings. The molecule has 1 heterocycles. The molecule has 3 atom stereocenters. The summed E-state index contributed by atoms with van der Waals surface area (Å²) in [7, 11) is 0. The quantitative estimate of drug-likeness (QED) is 0.603. The molecule has 1 saturated heterocycles. The number of alkyl carbamates (subject to hydrolysis) is 1. The van der Waals surface area contributed by atoms with Gasteiger partial charge < -0.3 is 14.8 Å². The summed E-state index contributed by atoms with van der Waals surface area (Å²) in [5.74, 6) is 0.0133. The Hall–Kier alpha value is -1.52. The monoisotopic (exact) mass is 311 g/mol. The van der Waals surface area contributed by atoms with Gasteiger partial charge >= 0.3 is 12.1 Å². The Labute approximate surface area is 133 Å². The average molecular weight is 311 g/mol. The van der Waals surface area contributed by atoms with Crippen LogP contribution in [0.25, 0.3) is 0 Å². The zero-order valence-electron chi connectivity index (χ0n) is 14.3. The fourth-order valence-corrected chi connectivity index (χ4v) is 2.58. The molecule has 1 amide bonds. The highest BCUT2D eigenvalue weighted by atomic mass is 16.6. The molecule has 0 aliphatic carbocycles. The van der Waals surface area contributed by atoms with Crippen molar-refractivity contribution in [3.8, 4) is 0 Å². The second kappa shape index (κ2) is 7.65. The van der Waals surface area contributed by atoms with Crippen molar-refractivity contribution >= 4 is 12.1 Å². The highest BCUT2D eigenvalue weighted by molar-refractivity contribution is 5.75. The van der Waals surface area contributed by atoms with E-state index in [0.29, 0.717) is 18.8 Å². The van der Waals surface area contributed by atoms with Gasteiger partial charge in [-0.05, 0) is 46.0 Å². The number of hydrogen-bond donors (Lipinski definition) is 1. The van der Waals surface area contributed by atoms with E-state index in [2.05, 4.69) is 25.7 Å². The third kappa shape index (κ3) is 6.08. The number of amides is 1. The van der Waals surface area contributed by atoms with Gasteiger partial charge in [-0.3, -0.25) is 4.79 Å². The van der Waals surface area contributed by atoms with E-state index in [1.54, 1.807) is 6.08 Å². The average Bonchev–Trinajstić information content (AvgIpc) is 2.67. The molecule has 1 aliphatic rings. The van der Waals surface area contributed by atoms with Gasteiger partial charge in [-0.15, -0.1) is 6.58 Å². The fraction of sp³-hybridized carbons (Fsp3) is 0.765. The first-order valence-electron chi connectivity index (χ1n) is 7.93. The van der Waals surface area contributed by atoms with Crippen molar-refractivity contribution in [3.05, 3.63) is 12.7 Å². The molecule has 0 aromatic rings. The maximum Gasteiger partial charge on any atom is 0.408 e. The van der Waals surface area contributed by atoms with E-state index in [1.807, 2.05) is 20.8 Å². The van der Waals surface area contributed by atoms with E-state index in [9.17, 15) is 9.59 Å². The van der Waals surface area contributed by atoms with Gasteiger partial charge in [0.25, 0.3) is 0 Å². The fourth-order valence-electron chi connectivity index (χ4n) is 2.58. The summed E-state index contributed by atoms with van der Waals surface area (Å²) >= 11 is 0. The third-order valence-corrected chi connectivity index (χ3v) is 3.45. The van der Waals surface area contributed by atoms with Crippen LogP contribution in [0.3, 0.4) is 0 Å². The lowest BCUT2D eigenvalue weighted by atomic mass is 9.93. The van der Waals surface area contributed by atoms with Crippen LogP contribution in [0.4, 0.5) is 4.79 Å². The largest absolute Gasteiger partial charge is 0.460 e. The topological polar surface area (TPSA) is 64.6 Å². The summed E-state index contributed by atoms with van der Waals surface area (Å²) in [4.78, 5) is 23.9. The van der Waals surface area contributed by atoms with Crippen LogP contribution in [-0.4, -0.2) is 29.8 Å². The minimum atomic E-state index is -0.551. The number of nitrogens with one attached hydrogen (secondary N) is 1. The molecular weight excluding hydrogens is 282 g/mol. The first kappa shape index (κ1) is 18.5. The van der Waals surface area contributed by atoms with Crippen molar-refractivity contribution in [1.29, 1.82) is 0 Å². The van der Waals surface area contributed by atoms with E-state index >= 15 is 0 Å². The molecule has 2 unspecified atom stereocenters. The molecule has 22 heavy (non-hydrogen) atoms. The van der Waals surface area contributed by atoms with Crippen molar-refractivity contribution in [1.82, 2.24) is 5.32 Å². The van der Waals surface area contributed by atoms with E-state index < -0.39 is 11.7 Å². The number of ether oxygens (including phenoxy) is 2. The minimum Gasteiger partial charge on any atom is -0.460 e. The second-order valence-corrected chi connectivity index (χ2v) is 7.31. The van der Waals surface area contributed by atoms with Crippen molar-refractivity contribution < 1.29 is 19.1 Å². The van der Waals surface area contributed by atoms with E-state index in [1.165, 1.54) is 0 Å². The van der Waals surface area contributed by atoms with Crippen LogP contribution in [0.2, 0.25) is 0 Å². The normalized spacial score (nSPS) is 23.1. The Morgan fingerprint density at radius 1 is 1.50 bits per heavy atom. The number of rotatable bonds is 6. The predicted molar refractivity (Wildman–Crippen MR) is 85.4 cm³/mol. The van der Waals surface area contributed by atoms with Crippen LogP contribution >= 0.6 is 0 Å². The minimum absolute atomic E-state index is 0.155. The van der Waals surface area contributed by atoms with Gasteiger partial charge in [0.05, 0.1) is 12.0 Å². The highest BCUT2D eigenvalue weighted by Crippen LogP contribution is 2.28. The zero-order valence-corrected chi connectivity index (χ0v) is 14.3. The Bertz CT molecular complexity index is 411. The molecule has 0 radical (unpaired) electrons. The number of cyclic esters (lactones) is 1. The number of carbonyl (C=O) groups is 2. The van der Waals surface area contributed by atoms with Crippen molar-refractivity contribution in [3.63, 3.8) is 0 Å². The number of allylic oxidation sites excluding steroid dienone is 1. The smallest absolute Gasteiger partial charge is 0.408 e. The van der Waals surface area contributed by atoms with Gasteiger partial charge in [0, 0.05) is 0 Å². The lowest BCUT2D eigenvalue weighted by Gasteiger charge is -2.27. The Morgan fingerprint density at radius 3 is 2.64 bits per heavy atom. The van der Waals surface area contributed by atoms with Crippen LogP contribution in [0.1, 0.15) is 53.9 Å². The summed E-state index contributed by atoms with van der Waals surface area (Å²) < 4.78 is 10.8. The molecule has 1 aliphatic heterocycles. The van der Waals surface area contributed by atoms with Crippen LogP contribution < -0.4 is 5.32 Å². The maximum absolute atomic E-state index is 12.0. The second-order valence-electron chi connectivity index (χ2n) is 7.31. The Morgan fingerprint density at radius 2 is 2.14 bits per heavy atom. The molecule has 0 aromatic heterocycles.